The minimum absolute atomic E-state index is 0.432. The van der Waals surface area contributed by atoms with Gasteiger partial charge in [-0.15, -0.1) is 0 Å². The average molecular weight is 664 g/mol. The quantitative estimate of drug-likeness (QED) is 0.184. The van der Waals surface area contributed by atoms with Crippen molar-refractivity contribution in [2.24, 2.45) is 0 Å². The number of nitriles is 1. The van der Waals surface area contributed by atoms with Crippen molar-refractivity contribution in [1.29, 1.82) is 5.26 Å². The highest BCUT2D eigenvalue weighted by molar-refractivity contribution is 6.27. The van der Waals surface area contributed by atoms with E-state index in [9.17, 15) is 5.26 Å². The lowest BCUT2D eigenvalue weighted by atomic mass is 9.94. The molecule has 5 nitrogen and oxygen atoms in total. The van der Waals surface area contributed by atoms with Crippen molar-refractivity contribution in [3.05, 3.63) is 181 Å². The summed E-state index contributed by atoms with van der Waals surface area (Å²) in [7, 11) is 0. The zero-order valence-corrected chi connectivity index (χ0v) is 28.0. The van der Waals surface area contributed by atoms with Gasteiger partial charge in [0.2, 0.25) is 0 Å². The summed E-state index contributed by atoms with van der Waals surface area (Å²) in [5, 5.41) is 15.5. The maximum absolute atomic E-state index is 11.2. The minimum atomic E-state index is 0.432. The van der Waals surface area contributed by atoms with Crippen LogP contribution < -0.4 is 0 Å². The molecule has 0 bridgehead atoms. The van der Waals surface area contributed by atoms with Crippen LogP contribution in [-0.4, -0.2) is 19.1 Å². The molecule has 0 radical (unpaired) electrons. The topological polar surface area (TPSA) is 59.4 Å². The van der Waals surface area contributed by atoms with E-state index in [1.165, 1.54) is 0 Å². The van der Waals surface area contributed by atoms with E-state index in [1.54, 1.807) is 0 Å². The molecule has 0 aliphatic rings. The Morgan fingerprint density at radius 3 is 1.58 bits per heavy atom. The van der Waals surface area contributed by atoms with Crippen molar-refractivity contribution >= 4 is 43.6 Å². The SMILES string of the molecule is N#Cc1c(-c2ccccc2)nc(-c2ccccc2)nc1-c1c2c3ccccc3n(-c3ccccc3)c2cc2c3ccccc3n(-c3ccccc3)c12. The number of hydrogen-bond donors (Lipinski definition) is 0. The minimum Gasteiger partial charge on any atom is -0.309 e. The average Bonchev–Trinajstić information content (AvgIpc) is 3.73. The van der Waals surface area contributed by atoms with Crippen LogP contribution in [0.3, 0.4) is 0 Å². The van der Waals surface area contributed by atoms with E-state index < -0.39 is 0 Å². The molecular weight excluding hydrogens is 635 g/mol. The summed E-state index contributed by atoms with van der Waals surface area (Å²) in [6, 6.07) is 63.0. The molecule has 0 N–H and O–H groups in total. The summed E-state index contributed by atoms with van der Waals surface area (Å²) in [6.07, 6.45) is 0. The van der Waals surface area contributed by atoms with Gasteiger partial charge in [0.05, 0.1) is 33.5 Å². The monoisotopic (exact) mass is 663 g/mol. The van der Waals surface area contributed by atoms with Crippen LogP contribution in [-0.2, 0) is 0 Å². The lowest BCUT2D eigenvalue weighted by Crippen LogP contribution is -2.03. The molecule has 52 heavy (non-hydrogen) atoms. The fourth-order valence-corrected chi connectivity index (χ4v) is 7.77. The Morgan fingerprint density at radius 1 is 0.442 bits per heavy atom. The van der Waals surface area contributed by atoms with Crippen LogP contribution in [0, 0.1) is 11.3 Å². The predicted molar refractivity (Wildman–Crippen MR) is 212 cm³/mol. The van der Waals surface area contributed by atoms with E-state index >= 15 is 0 Å². The molecule has 0 spiro atoms. The molecule has 0 amide bonds. The van der Waals surface area contributed by atoms with E-state index in [4.69, 9.17) is 9.97 Å². The number of fused-ring (bicyclic) bond motifs is 6. The lowest BCUT2D eigenvalue weighted by molar-refractivity contribution is 1.15. The van der Waals surface area contributed by atoms with Gasteiger partial charge in [-0.1, -0.05) is 133 Å². The molecule has 0 atom stereocenters. The van der Waals surface area contributed by atoms with Gasteiger partial charge in [0.1, 0.15) is 11.6 Å². The molecule has 0 fully saturated rings. The molecule has 0 saturated carbocycles. The van der Waals surface area contributed by atoms with Crippen LogP contribution in [0.5, 0.6) is 0 Å². The summed E-state index contributed by atoms with van der Waals surface area (Å²) in [5.41, 5.74) is 10.5. The predicted octanol–water partition coefficient (Wildman–Crippen LogP) is 11.5. The fourth-order valence-electron chi connectivity index (χ4n) is 7.77. The third-order valence-corrected chi connectivity index (χ3v) is 9.96. The summed E-state index contributed by atoms with van der Waals surface area (Å²) < 4.78 is 4.67. The van der Waals surface area contributed by atoms with Gasteiger partial charge in [-0.25, -0.2) is 9.97 Å². The largest absolute Gasteiger partial charge is 0.309 e. The molecule has 10 aromatic rings. The summed E-state index contributed by atoms with van der Waals surface area (Å²) >= 11 is 0. The van der Waals surface area contributed by atoms with Gasteiger partial charge >= 0.3 is 0 Å². The van der Waals surface area contributed by atoms with Gasteiger partial charge in [-0.2, -0.15) is 5.26 Å². The molecular formula is C47H29N5. The van der Waals surface area contributed by atoms with Crippen molar-refractivity contribution in [3.8, 4) is 51.3 Å². The Labute approximate surface area is 299 Å². The first-order valence-electron chi connectivity index (χ1n) is 17.3. The van der Waals surface area contributed by atoms with Crippen molar-refractivity contribution < 1.29 is 0 Å². The number of hydrogen-bond acceptors (Lipinski definition) is 3. The molecule has 242 valence electrons. The van der Waals surface area contributed by atoms with Crippen molar-refractivity contribution in [2.45, 2.75) is 0 Å². The second kappa shape index (κ2) is 11.9. The second-order valence-corrected chi connectivity index (χ2v) is 12.9. The molecule has 0 unspecified atom stereocenters. The van der Waals surface area contributed by atoms with Crippen LogP contribution >= 0.6 is 0 Å². The fraction of sp³-hybridized carbons (Fsp3) is 0. The molecule has 0 aliphatic heterocycles. The van der Waals surface area contributed by atoms with Gasteiger partial charge in [0, 0.05) is 49.6 Å². The first kappa shape index (κ1) is 29.6. The van der Waals surface area contributed by atoms with Gasteiger partial charge in [-0.05, 0) is 42.5 Å². The van der Waals surface area contributed by atoms with Crippen LogP contribution in [0.25, 0.3) is 88.9 Å². The highest BCUT2D eigenvalue weighted by Gasteiger charge is 2.28. The van der Waals surface area contributed by atoms with Crippen LogP contribution in [0.4, 0.5) is 0 Å². The molecule has 3 heterocycles. The zero-order chi connectivity index (χ0) is 34.6. The Balaban J connectivity index is 1.50. The number of nitrogens with zero attached hydrogens (tertiary/aromatic N) is 5. The van der Waals surface area contributed by atoms with Gasteiger partial charge in [0.15, 0.2) is 5.82 Å². The maximum atomic E-state index is 11.2. The van der Waals surface area contributed by atoms with E-state index in [1.807, 2.05) is 72.8 Å². The third kappa shape index (κ3) is 4.49. The van der Waals surface area contributed by atoms with E-state index in [-0.39, 0.29) is 0 Å². The Bertz CT molecular complexity index is 2990. The lowest BCUT2D eigenvalue weighted by Gasteiger charge is -2.17. The molecule has 7 aromatic carbocycles. The normalized spacial score (nSPS) is 11.4. The molecule has 3 aromatic heterocycles. The van der Waals surface area contributed by atoms with E-state index in [2.05, 4.69) is 118 Å². The third-order valence-electron chi connectivity index (χ3n) is 9.96. The van der Waals surface area contributed by atoms with Crippen molar-refractivity contribution in [1.82, 2.24) is 19.1 Å². The highest BCUT2D eigenvalue weighted by Crippen LogP contribution is 2.48. The van der Waals surface area contributed by atoms with Gasteiger partial charge < -0.3 is 9.13 Å². The standard InChI is InChI=1S/C47H29N5/c48-30-38-44(31-17-5-1-6-18-31)49-47(32-19-7-2-8-20-32)50-45(38)43-42-36-26-14-16-28-40(36)51(33-21-9-3-10-22-33)41(42)29-37-35-25-13-15-27-39(35)52(46(37)43)34-23-11-4-12-24-34/h1-29H. The first-order chi connectivity index (χ1) is 25.8. The molecule has 0 aliphatic carbocycles. The van der Waals surface area contributed by atoms with Gasteiger partial charge in [-0.3, -0.25) is 0 Å². The first-order valence-corrected chi connectivity index (χ1v) is 17.3. The summed E-state index contributed by atoms with van der Waals surface area (Å²) in [4.78, 5) is 10.5. The Morgan fingerprint density at radius 2 is 0.942 bits per heavy atom. The molecule has 0 saturated heterocycles. The van der Waals surface area contributed by atoms with Crippen molar-refractivity contribution in [3.63, 3.8) is 0 Å². The van der Waals surface area contributed by atoms with Crippen molar-refractivity contribution in [2.75, 3.05) is 0 Å². The second-order valence-electron chi connectivity index (χ2n) is 12.9. The maximum Gasteiger partial charge on any atom is 0.160 e. The Kier molecular flexibility index (Phi) is 6.80. The molecule has 10 rings (SSSR count). The summed E-state index contributed by atoms with van der Waals surface area (Å²) in [6.45, 7) is 0. The smallest absolute Gasteiger partial charge is 0.160 e. The highest BCUT2D eigenvalue weighted by atomic mass is 15.0. The number of benzene rings is 7. The Hall–Kier alpha value is -7.29. The van der Waals surface area contributed by atoms with Gasteiger partial charge in [0.25, 0.3) is 0 Å². The number of rotatable bonds is 5. The molecule has 5 heteroatoms. The number of aromatic nitrogens is 4. The van der Waals surface area contributed by atoms with Crippen LogP contribution in [0.1, 0.15) is 5.56 Å². The van der Waals surface area contributed by atoms with Crippen LogP contribution in [0.15, 0.2) is 176 Å². The van der Waals surface area contributed by atoms with Crippen LogP contribution in [0.2, 0.25) is 0 Å². The summed E-state index contributed by atoms with van der Waals surface area (Å²) in [5.74, 6) is 0.563. The van der Waals surface area contributed by atoms with E-state index in [0.717, 1.165) is 71.7 Å². The zero-order valence-electron chi connectivity index (χ0n) is 28.0. The van der Waals surface area contributed by atoms with E-state index in [0.29, 0.717) is 22.8 Å². The number of para-hydroxylation sites is 4.